The molecule has 1 aliphatic rings. The van der Waals surface area contributed by atoms with Crippen LogP contribution in [0, 0.1) is 5.92 Å². The van der Waals surface area contributed by atoms with E-state index in [2.05, 4.69) is 5.32 Å². The van der Waals surface area contributed by atoms with Crippen molar-refractivity contribution in [3.05, 3.63) is 28.5 Å². The molecule has 92 valence electrons. The highest BCUT2D eigenvalue weighted by atomic mass is 32.1. The summed E-state index contributed by atoms with van der Waals surface area (Å²) in [5.41, 5.74) is 1.10. The van der Waals surface area contributed by atoms with E-state index >= 15 is 0 Å². The number of carbonyl (C=O) groups is 1. The molecule has 0 aromatic carbocycles. The maximum Gasteiger partial charge on any atom is 0.243 e. The number of nitrogens with one attached hydrogen (secondary N) is 1. The molecule has 0 bridgehead atoms. The van der Waals surface area contributed by atoms with Crippen molar-refractivity contribution < 1.29 is 4.79 Å². The van der Waals surface area contributed by atoms with Crippen LogP contribution in [0.5, 0.6) is 0 Å². The van der Waals surface area contributed by atoms with E-state index in [4.69, 9.17) is 0 Å². The Morgan fingerprint density at radius 1 is 1.47 bits per heavy atom. The molecular weight excluding hydrogens is 230 g/mol. The second kappa shape index (κ2) is 6.60. The summed E-state index contributed by atoms with van der Waals surface area (Å²) < 4.78 is 0. The SMILES string of the molecule is O=C(/C=C/c1ccsc1)NCCC1CCCC1. The van der Waals surface area contributed by atoms with Gasteiger partial charge >= 0.3 is 0 Å². The molecule has 1 N–H and O–H groups in total. The predicted molar refractivity (Wildman–Crippen MR) is 72.9 cm³/mol. The largest absolute Gasteiger partial charge is 0.353 e. The minimum absolute atomic E-state index is 0.0224. The van der Waals surface area contributed by atoms with Crippen LogP contribution >= 0.6 is 11.3 Å². The van der Waals surface area contributed by atoms with Gasteiger partial charge in [0.2, 0.25) is 5.91 Å². The first-order valence-corrected chi connectivity index (χ1v) is 7.27. The molecule has 3 heteroatoms. The molecule has 2 nitrogen and oxygen atoms in total. The molecular formula is C14H19NOS. The van der Waals surface area contributed by atoms with Gasteiger partial charge in [-0.1, -0.05) is 25.7 Å². The van der Waals surface area contributed by atoms with Crippen LogP contribution in [0.25, 0.3) is 6.08 Å². The van der Waals surface area contributed by atoms with Crippen LogP contribution in [0.1, 0.15) is 37.7 Å². The van der Waals surface area contributed by atoms with Crippen molar-refractivity contribution in [1.29, 1.82) is 0 Å². The van der Waals surface area contributed by atoms with E-state index in [0.717, 1.165) is 24.4 Å². The molecule has 1 aromatic rings. The Hall–Kier alpha value is -1.09. The van der Waals surface area contributed by atoms with E-state index in [1.54, 1.807) is 17.4 Å². The van der Waals surface area contributed by atoms with Crippen LogP contribution in [-0.4, -0.2) is 12.5 Å². The number of hydrogen-bond donors (Lipinski definition) is 1. The van der Waals surface area contributed by atoms with Crippen molar-refractivity contribution in [1.82, 2.24) is 5.32 Å². The second-order valence-corrected chi connectivity index (χ2v) is 5.40. The summed E-state index contributed by atoms with van der Waals surface area (Å²) in [6.07, 6.45) is 10.1. The Kier molecular flexibility index (Phi) is 4.80. The molecule has 17 heavy (non-hydrogen) atoms. The molecule has 1 heterocycles. The lowest BCUT2D eigenvalue weighted by Crippen LogP contribution is -2.23. The zero-order valence-corrected chi connectivity index (χ0v) is 10.8. The van der Waals surface area contributed by atoms with Crippen molar-refractivity contribution in [3.8, 4) is 0 Å². The summed E-state index contributed by atoms with van der Waals surface area (Å²) in [7, 11) is 0. The zero-order valence-electron chi connectivity index (χ0n) is 10.0. The van der Waals surface area contributed by atoms with E-state index < -0.39 is 0 Å². The van der Waals surface area contributed by atoms with Crippen LogP contribution in [0.4, 0.5) is 0 Å². The first-order valence-electron chi connectivity index (χ1n) is 6.33. The summed E-state index contributed by atoms with van der Waals surface area (Å²) in [5, 5.41) is 6.99. The number of hydrogen-bond acceptors (Lipinski definition) is 2. The Labute approximate surface area is 107 Å². The number of carbonyl (C=O) groups excluding carboxylic acids is 1. The van der Waals surface area contributed by atoms with Gasteiger partial charge in [-0.05, 0) is 40.8 Å². The van der Waals surface area contributed by atoms with E-state index in [1.165, 1.54) is 25.7 Å². The van der Waals surface area contributed by atoms with E-state index in [9.17, 15) is 4.79 Å². The Morgan fingerprint density at radius 3 is 3.00 bits per heavy atom. The van der Waals surface area contributed by atoms with Gasteiger partial charge in [-0.15, -0.1) is 0 Å². The molecule has 0 unspecified atom stereocenters. The van der Waals surface area contributed by atoms with Gasteiger partial charge in [-0.25, -0.2) is 0 Å². The molecule has 0 radical (unpaired) electrons. The minimum Gasteiger partial charge on any atom is -0.353 e. The predicted octanol–water partition coefficient (Wildman–Crippen LogP) is 3.46. The minimum atomic E-state index is 0.0224. The summed E-state index contributed by atoms with van der Waals surface area (Å²) in [5.74, 6) is 0.866. The van der Waals surface area contributed by atoms with Gasteiger partial charge in [0.15, 0.2) is 0 Å². The Morgan fingerprint density at radius 2 is 2.29 bits per heavy atom. The normalized spacial score (nSPS) is 16.7. The van der Waals surface area contributed by atoms with Gasteiger partial charge < -0.3 is 5.32 Å². The quantitative estimate of drug-likeness (QED) is 0.796. The van der Waals surface area contributed by atoms with E-state index in [1.807, 2.05) is 22.9 Å². The number of rotatable bonds is 5. The van der Waals surface area contributed by atoms with Gasteiger partial charge in [-0.3, -0.25) is 4.79 Å². The van der Waals surface area contributed by atoms with Gasteiger partial charge in [0.25, 0.3) is 0 Å². The fraction of sp³-hybridized carbons (Fsp3) is 0.500. The molecule has 1 aliphatic carbocycles. The molecule has 1 aromatic heterocycles. The average Bonchev–Trinajstić information content (AvgIpc) is 2.99. The monoisotopic (exact) mass is 249 g/mol. The first kappa shape index (κ1) is 12.4. The molecule has 0 atom stereocenters. The Bertz CT molecular complexity index is 364. The summed E-state index contributed by atoms with van der Waals surface area (Å²) in [4.78, 5) is 11.5. The van der Waals surface area contributed by atoms with E-state index in [0.29, 0.717) is 0 Å². The maximum atomic E-state index is 11.5. The fourth-order valence-corrected chi connectivity index (χ4v) is 2.93. The van der Waals surface area contributed by atoms with Crippen LogP contribution in [0.2, 0.25) is 0 Å². The standard InChI is InChI=1S/C14H19NOS/c16-14(6-5-13-8-10-17-11-13)15-9-7-12-3-1-2-4-12/h5-6,8,10-12H,1-4,7,9H2,(H,15,16)/b6-5+. The lowest BCUT2D eigenvalue weighted by Gasteiger charge is -2.08. The van der Waals surface area contributed by atoms with Crippen LogP contribution < -0.4 is 5.32 Å². The van der Waals surface area contributed by atoms with Crippen molar-refractivity contribution in [3.63, 3.8) is 0 Å². The molecule has 1 fully saturated rings. The summed E-state index contributed by atoms with van der Waals surface area (Å²) in [6, 6.07) is 2.01. The molecule has 2 rings (SSSR count). The topological polar surface area (TPSA) is 29.1 Å². The Balaban J connectivity index is 1.63. The van der Waals surface area contributed by atoms with Gasteiger partial charge in [0, 0.05) is 12.6 Å². The van der Waals surface area contributed by atoms with Crippen molar-refractivity contribution in [2.45, 2.75) is 32.1 Å². The van der Waals surface area contributed by atoms with Crippen molar-refractivity contribution in [2.24, 2.45) is 5.92 Å². The molecule has 1 amide bonds. The third-order valence-corrected chi connectivity index (χ3v) is 4.00. The molecule has 1 saturated carbocycles. The number of amides is 1. The smallest absolute Gasteiger partial charge is 0.243 e. The van der Waals surface area contributed by atoms with Gasteiger partial charge in [0.05, 0.1) is 0 Å². The third kappa shape index (κ3) is 4.35. The molecule has 0 spiro atoms. The van der Waals surface area contributed by atoms with Crippen LogP contribution in [-0.2, 0) is 4.79 Å². The van der Waals surface area contributed by atoms with Gasteiger partial charge in [0.1, 0.15) is 0 Å². The lowest BCUT2D eigenvalue weighted by atomic mass is 10.0. The van der Waals surface area contributed by atoms with Crippen LogP contribution in [0.3, 0.4) is 0 Å². The van der Waals surface area contributed by atoms with Crippen molar-refractivity contribution >= 4 is 23.3 Å². The first-order chi connectivity index (χ1) is 8.34. The highest BCUT2D eigenvalue weighted by Crippen LogP contribution is 2.26. The number of thiophene rings is 1. The molecule has 0 aliphatic heterocycles. The maximum absolute atomic E-state index is 11.5. The fourth-order valence-electron chi connectivity index (χ4n) is 2.30. The average molecular weight is 249 g/mol. The van der Waals surface area contributed by atoms with Gasteiger partial charge in [-0.2, -0.15) is 11.3 Å². The summed E-state index contributed by atoms with van der Waals surface area (Å²) in [6.45, 7) is 0.817. The molecule has 0 saturated heterocycles. The lowest BCUT2D eigenvalue weighted by molar-refractivity contribution is -0.116. The zero-order chi connectivity index (χ0) is 11.9. The van der Waals surface area contributed by atoms with Crippen LogP contribution in [0.15, 0.2) is 22.9 Å². The second-order valence-electron chi connectivity index (χ2n) is 4.62. The summed E-state index contributed by atoms with van der Waals surface area (Å²) >= 11 is 1.64. The van der Waals surface area contributed by atoms with E-state index in [-0.39, 0.29) is 5.91 Å². The third-order valence-electron chi connectivity index (χ3n) is 3.30. The highest BCUT2D eigenvalue weighted by Gasteiger charge is 2.14. The van der Waals surface area contributed by atoms with Crippen molar-refractivity contribution in [2.75, 3.05) is 6.54 Å². The highest BCUT2D eigenvalue weighted by molar-refractivity contribution is 7.08.